The zero-order valence-electron chi connectivity index (χ0n) is 21.1. The number of hydrogen-bond acceptors (Lipinski definition) is 7. The summed E-state index contributed by atoms with van der Waals surface area (Å²) in [5.74, 6) is 0.0507. The van der Waals surface area contributed by atoms with Crippen LogP contribution in [-0.2, 0) is 0 Å². The Morgan fingerprint density at radius 3 is 2.64 bits per heavy atom. The smallest absolute Gasteiger partial charge is 0.229 e. The van der Waals surface area contributed by atoms with Gasteiger partial charge in [0.1, 0.15) is 22.9 Å². The summed E-state index contributed by atoms with van der Waals surface area (Å²) >= 11 is 0. The topological polar surface area (TPSA) is 83.3 Å². The second-order valence-corrected chi connectivity index (χ2v) is 9.21. The van der Waals surface area contributed by atoms with Gasteiger partial charge >= 0.3 is 0 Å². The zero-order chi connectivity index (χ0) is 25.8. The Hall–Kier alpha value is -3.50. The van der Waals surface area contributed by atoms with Crippen molar-refractivity contribution in [2.24, 2.45) is 4.99 Å². The molecule has 0 unspecified atom stereocenters. The van der Waals surface area contributed by atoms with Crippen LogP contribution in [0.2, 0.25) is 0 Å². The molecule has 3 heterocycles. The highest BCUT2D eigenvalue weighted by Gasteiger charge is 2.18. The lowest BCUT2D eigenvalue weighted by Gasteiger charge is -2.27. The molecule has 0 spiro atoms. The van der Waals surface area contributed by atoms with Crippen LogP contribution >= 0.6 is 0 Å². The molecule has 0 aliphatic carbocycles. The molecule has 2 aromatic heterocycles. The third-order valence-corrected chi connectivity index (χ3v) is 6.08. The molecule has 0 saturated carbocycles. The number of piperazine rings is 1. The quantitative estimate of drug-likeness (QED) is 0.355. The van der Waals surface area contributed by atoms with Crippen LogP contribution in [0.4, 0.5) is 14.7 Å². The van der Waals surface area contributed by atoms with Crippen molar-refractivity contribution >= 4 is 23.7 Å². The Morgan fingerprint density at radius 2 is 1.94 bits per heavy atom. The molecule has 36 heavy (non-hydrogen) atoms. The van der Waals surface area contributed by atoms with Crippen LogP contribution in [0.25, 0.3) is 22.3 Å². The minimum Gasteiger partial charge on any atom is -0.326 e. The Balaban J connectivity index is 1.60. The van der Waals surface area contributed by atoms with Gasteiger partial charge in [-0.2, -0.15) is 0 Å². The third kappa shape index (κ3) is 5.66. The van der Waals surface area contributed by atoms with E-state index in [1.54, 1.807) is 12.1 Å². The number of fused-ring (bicyclic) bond motifs is 1. The maximum Gasteiger partial charge on any atom is 0.229 e. The number of halogens is 2. The van der Waals surface area contributed by atoms with Gasteiger partial charge in [-0.15, -0.1) is 0 Å². The number of rotatable bonds is 8. The largest absolute Gasteiger partial charge is 0.326 e. The number of aromatic nitrogens is 4. The molecule has 8 nitrogen and oxygen atoms in total. The first-order chi connectivity index (χ1) is 17.3. The van der Waals surface area contributed by atoms with Crippen molar-refractivity contribution in [2.75, 3.05) is 38.0 Å². The van der Waals surface area contributed by atoms with E-state index in [-0.39, 0.29) is 23.2 Å². The van der Waals surface area contributed by atoms with Gasteiger partial charge in [-0.1, -0.05) is 11.6 Å². The standard InChI is InChI=1S/C26H32F2N8/c1-16(2)36-18(4)32-25-20(27)12-19(13-22(25)36)24-21(28)14-31-26(34-24)33-23(29-5)7-6-17(3)15-35-10-8-30-9-11-35/h6-7,12-14,16,30H,5,8-11,15H2,1-4H3,(H,31,33,34)/b17-6+,23-7+. The Labute approximate surface area is 209 Å². The fraction of sp³-hybridized carbons (Fsp3) is 0.385. The van der Waals surface area contributed by atoms with Crippen molar-refractivity contribution in [1.29, 1.82) is 0 Å². The van der Waals surface area contributed by atoms with Gasteiger partial charge in [0.05, 0.1) is 11.7 Å². The molecule has 2 N–H and O–H groups in total. The molecular weight excluding hydrogens is 462 g/mol. The SMILES string of the molecule is C=N/C(=C\C=C(/C)CN1CCNCC1)Nc1ncc(F)c(-c2cc(F)c3nc(C)n(C(C)C)c3c2)n1. The number of hydrogen-bond donors (Lipinski definition) is 2. The highest BCUT2D eigenvalue weighted by Crippen LogP contribution is 2.30. The van der Waals surface area contributed by atoms with Crippen molar-refractivity contribution in [1.82, 2.24) is 29.7 Å². The average molecular weight is 495 g/mol. The van der Waals surface area contributed by atoms with Gasteiger partial charge in [-0.25, -0.2) is 28.7 Å². The van der Waals surface area contributed by atoms with Crippen molar-refractivity contribution < 1.29 is 8.78 Å². The second-order valence-electron chi connectivity index (χ2n) is 9.21. The number of nitrogens with one attached hydrogen (secondary N) is 2. The average Bonchev–Trinajstić information content (AvgIpc) is 3.20. The van der Waals surface area contributed by atoms with Gasteiger partial charge in [-0.3, -0.25) is 4.90 Å². The molecule has 10 heteroatoms. The summed E-state index contributed by atoms with van der Waals surface area (Å²) < 4.78 is 31.6. The summed E-state index contributed by atoms with van der Waals surface area (Å²) in [7, 11) is 0. The monoisotopic (exact) mass is 494 g/mol. The fourth-order valence-electron chi connectivity index (χ4n) is 4.43. The van der Waals surface area contributed by atoms with E-state index in [0.717, 1.165) is 38.9 Å². The number of benzene rings is 1. The van der Waals surface area contributed by atoms with Crippen LogP contribution in [0.3, 0.4) is 0 Å². The third-order valence-electron chi connectivity index (χ3n) is 6.08. The molecule has 1 aliphatic rings. The number of allylic oxidation sites excluding steroid dienone is 2. The molecule has 1 fully saturated rings. The molecule has 0 atom stereocenters. The molecular formula is C26H32F2N8. The minimum absolute atomic E-state index is 0.0173. The lowest BCUT2D eigenvalue weighted by Crippen LogP contribution is -2.43. The Kier molecular flexibility index (Phi) is 7.85. The normalized spacial score (nSPS) is 15.6. The van der Waals surface area contributed by atoms with Gasteiger partial charge in [0, 0.05) is 44.3 Å². The van der Waals surface area contributed by atoms with Gasteiger partial charge in [0.2, 0.25) is 5.95 Å². The molecule has 3 aromatic rings. The van der Waals surface area contributed by atoms with E-state index in [0.29, 0.717) is 22.7 Å². The molecule has 0 bridgehead atoms. The summed E-state index contributed by atoms with van der Waals surface area (Å²) in [6.45, 7) is 16.3. The molecule has 1 saturated heterocycles. The first-order valence-electron chi connectivity index (χ1n) is 12.0. The fourth-order valence-corrected chi connectivity index (χ4v) is 4.43. The molecule has 0 radical (unpaired) electrons. The zero-order valence-corrected chi connectivity index (χ0v) is 21.1. The van der Waals surface area contributed by atoms with E-state index in [9.17, 15) is 8.78 Å². The van der Waals surface area contributed by atoms with E-state index in [2.05, 4.69) is 49.1 Å². The molecule has 4 rings (SSSR count). The lowest BCUT2D eigenvalue weighted by molar-refractivity contribution is 0.259. The van der Waals surface area contributed by atoms with E-state index in [4.69, 9.17) is 0 Å². The molecule has 1 aliphatic heterocycles. The maximum atomic E-state index is 14.9. The first-order valence-corrected chi connectivity index (χ1v) is 12.0. The van der Waals surface area contributed by atoms with Crippen LogP contribution in [0, 0.1) is 18.6 Å². The summed E-state index contributed by atoms with van der Waals surface area (Å²) in [4.78, 5) is 19.1. The van der Waals surface area contributed by atoms with Crippen molar-refractivity contribution in [3.8, 4) is 11.3 Å². The van der Waals surface area contributed by atoms with E-state index in [1.807, 2.05) is 31.4 Å². The number of nitrogens with zero attached hydrogens (tertiary/aromatic N) is 6. The van der Waals surface area contributed by atoms with E-state index in [1.165, 1.54) is 11.6 Å². The highest BCUT2D eigenvalue weighted by atomic mass is 19.1. The number of aliphatic imine (C=N–C) groups is 1. The maximum absolute atomic E-state index is 14.9. The van der Waals surface area contributed by atoms with Crippen molar-refractivity contribution in [3.05, 3.63) is 59.3 Å². The van der Waals surface area contributed by atoms with Gasteiger partial charge in [0.15, 0.2) is 11.6 Å². The van der Waals surface area contributed by atoms with Crippen LogP contribution < -0.4 is 10.6 Å². The lowest BCUT2D eigenvalue weighted by atomic mass is 10.1. The summed E-state index contributed by atoms with van der Waals surface area (Å²) in [6.07, 6.45) is 4.80. The summed E-state index contributed by atoms with van der Waals surface area (Å²) in [6, 6.07) is 3.02. The van der Waals surface area contributed by atoms with Crippen molar-refractivity contribution in [2.45, 2.75) is 33.7 Å². The number of anilines is 1. The highest BCUT2D eigenvalue weighted by molar-refractivity contribution is 5.83. The van der Waals surface area contributed by atoms with Crippen molar-refractivity contribution in [3.63, 3.8) is 0 Å². The number of aryl methyl sites for hydroxylation is 1. The summed E-state index contributed by atoms with van der Waals surface area (Å²) in [5.41, 5.74) is 2.29. The van der Waals surface area contributed by atoms with Crippen LogP contribution in [-0.4, -0.2) is 63.9 Å². The second kappa shape index (κ2) is 11.0. The molecule has 0 amide bonds. The van der Waals surface area contributed by atoms with E-state index >= 15 is 0 Å². The predicted molar refractivity (Wildman–Crippen MR) is 140 cm³/mol. The van der Waals surface area contributed by atoms with Crippen LogP contribution in [0.15, 0.2) is 46.9 Å². The first kappa shape index (κ1) is 25.6. The van der Waals surface area contributed by atoms with Gasteiger partial charge in [0.25, 0.3) is 0 Å². The predicted octanol–water partition coefficient (Wildman–Crippen LogP) is 4.47. The molecule has 190 valence electrons. The van der Waals surface area contributed by atoms with E-state index < -0.39 is 11.6 Å². The molecule has 1 aromatic carbocycles. The van der Waals surface area contributed by atoms with Gasteiger partial charge in [-0.05, 0) is 52.6 Å². The number of imidazole rings is 1. The summed E-state index contributed by atoms with van der Waals surface area (Å²) in [5, 5.41) is 6.32. The van der Waals surface area contributed by atoms with Gasteiger partial charge < -0.3 is 15.2 Å². The Morgan fingerprint density at radius 1 is 1.19 bits per heavy atom. The van der Waals surface area contributed by atoms with Crippen LogP contribution in [0.5, 0.6) is 0 Å². The van der Waals surface area contributed by atoms with Crippen LogP contribution in [0.1, 0.15) is 32.6 Å². The minimum atomic E-state index is -0.657. The Bertz CT molecular complexity index is 1320.